The monoisotopic (exact) mass is 498 g/mol. The smallest absolute Gasteiger partial charge is 0.430 e. The van der Waals surface area contributed by atoms with E-state index in [-0.39, 0.29) is 30.6 Å². The van der Waals surface area contributed by atoms with Gasteiger partial charge in [0.1, 0.15) is 0 Å². The lowest BCUT2D eigenvalue weighted by molar-refractivity contribution is -0.376. The van der Waals surface area contributed by atoms with Crippen LogP contribution in [0.3, 0.4) is 0 Å². The number of rotatable bonds is 7. The molecule has 5 nitrogen and oxygen atoms in total. The predicted octanol–water partition coefficient (Wildman–Crippen LogP) is 5.79. The van der Waals surface area contributed by atoms with Crippen LogP contribution >= 0.6 is 0 Å². The summed E-state index contributed by atoms with van der Waals surface area (Å²) >= 11 is 0. The third kappa shape index (κ3) is 5.55. The standard InChI is InChI=1S/C23H32F6N2O3/c1-5-7-11-34-20(32)31-14-15(3)30(13-16(31)4)19-10-9-18(12-17(19)8-6-2)21(33,22(24,25)26)23(27,28)29/h9-10,12,15-16,33H,5-8,11,13-14H2,1-4H3/t15-,16+/m1/s1. The Kier molecular flexibility index (Phi) is 8.77. The number of piperazine rings is 1. The molecule has 1 N–H and O–H groups in total. The summed E-state index contributed by atoms with van der Waals surface area (Å²) in [6, 6.07) is 2.12. The normalized spacial score (nSPS) is 20.0. The summed E-state index contributed by atoms with van der Waals surface area (Å²) in [7, 11) is 0. The van der Waals surface area contributed by atoms with E-state index in [9.17, 15) is 36.2 Å². The Morgan fingerprint density at radius 2 is 1.65 bits per heavy atom. The van der Waals surface area contributed by atoms with Gasteiger partial charge in [-0.2, -0.15) is 26.3 Å². The number of hydrogen-bond acceptors (Lipinski definition) is 4. The third-order valence-electron chi connectivity index (χ3n) is 6.09. The highest BCUT2D eigenvalue weighted by Crippen LogP contribution is 2.50. The molecule has 0 bridgehead atoms. The number of halogens is 6. The lowest BCUT2D eigenvalue weighted by Crippen LogP contribution is -2.58. The first-order valence-electron chi connectivity index (χ1n) is 11.4. The second kappa shape index (κ2) is 10.6. The molecule has 2 atom stereocenters. The Labute approximate surface area is 195 Å². The first-order chi connectivity index (χ1) is 15.7. The number of nitrogens with zero attached hydrogens (tertiary/aromatic N) is 2. The predicted molar refractivity (Wildman–Crippen MR) is 116 cm³/mol. The summed E-state index contributed by atoms with van der Waals surface area (Å²) in [6.07, 6.45) is -10.0. The molecule has 1 fully saturated rings. The molecule has 1 aliphatic rings. The molecule has 0 saturated carbocycles. The molecule has 194 valence electrons. The number of carbonyl (C=O) groups excluding carboxylic acids is 1. The summed E-state index contributed by atoms with van der Waals surface area (Å²) in [6.45, 7) is 8.27. The van der Waals surface area contributed by atoms with Crippen molar-refractivity contribution in [1.29, 1.82) is 0 Å². The van der Waals surface area contributed by atoms with Crippen LogP contribution in [0.25, 0.3) is 0 Å². The van der Waals surface area contributed by atoms with Crippen molar-refractivity contribution in [2.75, 3.05) is 24.6 Å². The van der Waals surface area contributed by atoms with E-state index in [1.54, 1.807) is 18.7 Å². The van der Waals surface area contributed by atoms with Crippen LogP contribution in [0.1, 0.15) is 58.1 Å². The van der Waals surface area contributed by atoms with Crippen LogP contribution in [0.4, 0.5) is 36.8 Å². The van der Waals surface area contributed by atoms with E-state index in [0.717, 1.165) is 18.9 Å². The van der Waals surface area contributed by atoms with Gasteiger partial charge < -0.3 is 19.6 Å². The van der Waals surface area contributed by atoms with Crippen LogP contribution in [0.15, 0.2) is 18.2 Å². The zero-order valence-electron chi connectivity index (χ0n) is 19.8. The average Bonchev–Trinajstić information content (AvgIpc) is 2.73. The van der Waals surface area contributed by atoms with Crippen LogP contribution in [0.2, 0.25) is 0 Å². The molecule has 0 unspecified atom stereocenters. The second-order valence-electron chi connectivity index (χ2n) is 8.77. The minimum Gasteiger partial charge on any atom is -0.449 e. The Morgan fingerprint density at radius 3 is 2.18 bits per heavy atom. The summed E-state index contributed by atoms with van der Waals surface area (Å²) in [5.74, 6) is 0. The maximum absolute atomic E-state index is 13.4. The highest BCUT2D eigenvalue weighted by atomic mass is 19.4. The SMILES string of the molecule is CCCCOC(=O)N1C[C@@H](C)N(c2ccc(C(O)(C(F)(F)F)C(F)(F)F)cc2CCC)C[C@@H]1C. The molecular formula is C23H32F6N2O3. The van der Waals surface area contributed by atoms with Crippen LogP contribution in [0, 0.1) is 0 Å². The van der Waals surface area contributed by atoms with Crippen molar-refractivity contribution in [2.45, 2.75) is 83.4 Å². The number of aliphatic hydroxyl groups is 1. The summed E-state index contributed by atoms with van der Waals surface area (Å²) in [5.41, 5.74) is -5.49. The van der Waals surface area contributed by atoms with E-state index in [4.69, 9.17) is 4.74 Å². The molecule has 34 heavy (non-hydrogen) atoms. The first-order valence-corrected chi connectivity index (χ1v) is 11.4. The Bertz CT molecular complexity index is 829. The molecule has 1 aliphatic heterocycles. The van der Waals surface area contributed by atoms with Gasteiger partial charge in [-0.3, -0.25) is 0 Å². The van der Waals surface area contributed by atoms with E-state index >= 15 is 0 Å². The van der Waals surface area contributed by atoms with Gasteiger partial charge >= 0.3 is 18.4 Å². The van der Waals surface area contributed by atoms with Gasteiger partial charge in [-0.05, 0) is 38.3 Å². The molecule has 1 aromatic carbocycles. The highest BCUT2D eigenvalue weighted by molar-refractivity contribution is 5.69. The maximum atomic E-state index is 13.4. The van der Waals surface area contributed by atoms with Crippen LogP contribution < -0.4 is 4.90 Å². The van der Waals surface area contributed by atoms with Gasteiger partial charge in [0, 0.05) is 36.4 Å². The Hall–Kier alpha value is -2.17. The zero-order valence-corrected chi connectivity index (χ0v) is 19.8. The van der Waals surface area contributed by atoms with E-state index in [1.807, 2.05) is 18.7 Å². The fraction of sp³-hybridized carbons (Fsp3) is 0.696. The summed E-state index contributed by atoms with van der Waals surface area (Å²) in [5, 5.41) is 9.81. The van der Waals surface area contributed by atoms with Gasteiger partial charge in [-0.25, -0.2) is 4.79 Å². The largest absolute Gasteiger partial charge is 0.449 e. The van der Waals surface area contributed by atoms with Gasteiger partial charge in [0.25, 0.3) is 5.60 Å². The molecule has 0 spiro atoms. The molecule has 2 rings (SSSR count). The third-order valence-corrected chi connectivity index (χ3v) is 6.09. The number of benzene rings is 1. The van der Waals surface area contributed by atoms with Crippen molar-refractivity contribution in [3.05, 3.63) is 29.3 Å². The Balaban J connectivity index is 2.39. The molecule has 0 aliphatic carbocycles. The molecule has 1 aromatic rings. The van der Waals surface area contributed by atoms with Gasteiger partial charge in [-0.15, -0.1) is 0 Å². The van der Waals surface area contributed by atoms with Crippen molar-refractivity contribution < 1.29 is 41.0 Å². The van der Waals surface area contributed by atoms with Crippen molar-refractivity contribution in [3.63, 3.8) is 0 Å². The molecule has 11 heteroatoms. The summed E-state index contributed by atoms with van der Waals surface area (Å²) < 4.78 is 85.5. The number of aryl methyl sites for hydroxylation is 1. The number of unbranched alkanes of at least 4 members (excludes halogenated alkanes) is 1. The second-order valence-corrected chi connectivity index (χ2v) is 8.77. The topological polar surface area (TPSA) is 53.0 Å². The summed E-state index contributed by atoms with van der Waals surface area (Å²) in [4.78, 5) is 15.9. The highest BCUT2D eigenvalue weighted by Gasteiger charge is 2.71. The minimum absolute atomic E-state index is 0.218. The number of alkyl halides is 6. The van der Waals surface area contributed by atoms with Gasteiger partial charge in [0.15, 0.2) is 0 Å². The molecule has 1 amide bonds. The number of carbonyl (C=O) groups is 1. The van der Waals surface area contributed by atoms with Crippen molar-refractivity contribution in [3.8, 4) is 0 Å². The van der Waals surface area contributed by atoms with Crippen molar-refractivity contribution in [1.82, 2.24) is 4.90 Å². The van der Waals surface area contributed by atoms with Gasteiger partial charge in [-0.1, -0.05) is 38.8 Å². The Morgan fingerprint density at radius 1 is 1.03 bits per heavy atom. The molecular weight excluding hydrogens is 466 g/mol. The van der Waals surface area contributed by atoms with E-state index in [0.29, 0.717) is 31.3 Å². The fourth-order valence-corrected chi connectivity index (χ4v) is 4.15. The van der Waals surface area contributed by atoms with Crippen molar-refractivity contribution >= 4 is 11.8 Å². The molecule has 1 saturated heterocycles. The van der Waals surface area contributed by atoms with Gasteiger partial charge in [0.2, 0.25) is 0 Å². The van der Waals surface area contributed by atoms with Gasteiger partial charge in [0.05, 0.1) is 6.61 Å². The molecule has 1 heterocycles. The van der Waals surface area contributed by atoms with Crippen LogP contribution in [-0.4, -0.2) is 60.2 Å². The lowest BCUT2D eigenvalue weighted by Gasteiger charge is -2.45. The fourth-order valence-electron chi connectivity index (χ4n) is 4.15. The van der Waals surface area contributed by atoms with Crippen LogP contribution in [0.5, 0.6) is 0 Å². The van der Waals surface area contributed by atoms with E-state index in [2.05, 4.69) is 0 Å². The quantitative estimate of drug-likeness (QED) is 0.382. The molecule has 0 radical (unpaired) electrons. The average molecular weight is 499 g/mol. The van der Waals surface area contributed by atoms with E-state index in [1.165, 1.54) is 6.07 Å². The first kappa shape index (κ1) is 28.1. The number of amides is 1. The lowest BCUT2D eigenvalue weighted by atomic mass is 9.89. The minimum atomic E-state index is -5.94. The number of ether oxygens (including phenoxy) is 1. The van der Waals surface area contributed by atoms with E-state index < -0.39 is 29.6 Å². The zero-order chi connectivity index (χ0) is 25.9. The maximum Gasteiger partial charge on any atom is 0.430 e. The number of anilines is 1. The molecule has 0 aromatic heterocycles. The van der Waals surface area contributed by atoms with Crippen molar-refractivity contribution in [2.24, 2.45) is 0 Å². The van der Waals surface area contributed by atoms with Crippen LogP contribution in [-0.2, 0) is 16.8 Å². The number of hydrogen-bond donors (Lipinski definition) is 1.